The van der Waals surface area contributed by atoms with Gasteiger partial charge in [-0.1, -0.05) is 30.3 Å². The Morgan fingerprint density at radius 1 is 1.13 bits per heavy atom. The quantitative estimate of drug-likeness (QED) is 0.812. The molecular formula is C17H15F3N2O. The molecule has 1 N–H and O–H groups in total. The van der Waals surface area contributed by atoms with Crippen LogP contribution >= 0.6 is 0 Å². The van der Waals surface area contributed by atoms with E-state index in [9.17, 15) is 18.0 Å². The summed E-state index contributed by atoms with van der Waals surface area (Å²) in [6.45, 7) is 1.87. The number of rotatable bonds is 1. The van der Waals surface area contributed by atoms with E-state index in [1.165, 1.54) is 23.1 Å². The molecule has 1 unspecified atom stereocenters. The van der Waals surface area contributed by atoms with Crippen molar-refractivity contribution in [3.8, 4) is 0 Å². The maximum absolute atomic E-state index is 13.0. The van der Waals surface area contributed by atoms with Crippen molar-refractivity contribution in [1.82, 2.24) is 0 Å². The predicted molar refractivity (Wildman–Crippen MR) is 82.5 cm³/mol. The Morgan fingerprint density at radius 3 is 2.52 bits per heavy atom. The van der Waals surface area contributed by atoms with Crippen LogP contribution in [0.2, 0.25) is 0 Å². The summed E-state index contributed by atoms with van der Waals surface area (Å²) in [5, 5.41) is 2.40. The molecule has 2 aromatic carbocycles. The molecule has 3 nitrogen and oxygen atoms in total. The van der Waals surface area contributed by atoms with Crippen LogP contribution in [0.1, 0.15) is 18.1 Å². The molecule has 0 radical (unpaired) electrons. The molecule has 1 aliphatic rings. The van der Waals surface area contributed by atoms with Crippen molar-refractivity contribution >= 4 is 17.4 Å². The first-order valence-corrected chi connectivity index (χ1v) is 7.22. The molecule has 0 spiro atoms. The lowest BCUT2D eigenvalue weighted by molar-refractivity contribution is -0.136. The number of hydrogen-bond donors (Lipinski definition) is 1. The lowest BCUT2D eigenvalue weighted by atomic mass is 10.1. The van der Waals surface area contributed by atoms with Crippen LogP contribution in [0.4, 0.5) is 29.3 Å². The highest BCUT2D eigenvalue weighted by molar-refractivity contribution is 6.04. The topological polar surface area (TPSA) is 32.3 Å². The van der Waals surface area contributed by atoms with E-state index < -0.39 is 17.8 Å². The van der Waals surface area contributed by atoms with Crippen LogP contribution in [0.25, 0.3) is 0 Å². The van der Waals surface area contributed by atoms with Gasteiger partial charge in [-0.2, -0.15) is 13.2 Å². The van der Waals surface area contributed by atoms with Gasteiger partial charge in [-0.25, -0.2) is 4.79 Å². The molecular weight excluding hydrogens is 305 g/mol. The highest BCUT2D eigenvalue weighted by Crippen LogP contribution is 2.36. The zero-order chi connectivity index (χ0) is 16.6. The minimum Gasteiger partial charge on any atom is -0.307 e. The summed E-state index contributed by atoms with van der Waals surface area (Å²) in [6.07, 6.45) is -3.83. The average Bonchev–Trinajstić information content (AvgIpc) is 2.82. The van der Waals surface area contributed by atoms with Crippen LogP contribution in [-0.2, 0) is 12.6 Å². The number of nitrogens with zero attached hydrogens (tertiary/aromatic N) is 1. The van der Waals surface area contributed by atoms with Crippen LogP contribution in [0.15, 0.2) is 48.5 Å². The van der Waals surface area contributed by atoms with Gasteiger partial charge in [0.1, 0.15) is 0 Å². The lowest BCUT2D eigenvalue weighted by Gasteiger charge is -2.24. The second-order valence-electron chi connectivity index (χ2n) is 5.53. The van der Waals surface area contributed by atoms with Crippen molar-refractivity contribution in [2.24, 2.45) is 0 Å². The van der Waals surface area contributed by atoms with E-state index in [0.29, 0.717) is 6.42 Å². The van der Waals surface area contributed by atoms with Crippen molar-refractivity contribution in [1.29, 1.82) is 0 Å². The van der Waals surface area contributed by atoms with E-state index in [-0.39, 0.29) is 11.7 Å². The molecule has 0 fully saturated rings. The standard InChI is InChI=1S/C17H15F3N2O/c1-11-10-12-6-2-5-9-15(12)22(11)16(23)21-14-8-4-3-7-13(14)17(18,19)20/h2-9,11H,10H2,1H3,(H,21,23). The van der Waals surface area contributed by atoms with Gasteiger partial charge in [0.25, 0.3) is 0 Å². The summed E-state index contributed by atoms with van der Waals surface area (Å²) in [5.41, 5.74) is 0.663. The fourth-order valence-corrected chi connectivity index (χ4v) is 2.89. The number of urea groups is 1. The molecule has 1 atom stereocenters. The first kappa shape index (κ1) is 15.4. The molecule has 1 aliphatic heterocycles. The summed E-state index contributed by atoms with van der Waals surface area (Å²) in [4.78, 5) is 14.0. The van der Waals surface area contributed by atoms with Gasteiger partial charge in [0.2, 0.25) is 0 Å². The Bertz CT molecular complexity index is 743. The third-order valence-electron chi connectivity index (χ3n) is 3.90. The molecule has 0 saturated carbocycles. The number of benzene rings is 2. The summed E-state index contributed by atoms with van der Waals surface area (Å²) in [6, 6.07) is 11.7. The number of amides is 2. The summed E-state index contributed by atoms with van der Waals surface area (Å²) >= 11 is 0. The van der Waals surface area contributed by atoms with Crippen molar-refractivity contribution in [3.05, 3.63) is 59.7 Å². The Hall–Kier alpha value is -2.50. The average molecular weight is 320 g/mol. The first-order chi connectivity index (χ1) is 10.9. The number of alkyl halides is 3. The largest absolute Gasteiger partial charge is 0.418 e. The number of halogens is 3. The molecule has 23 heavy (non-hydrogen) atoms. The van der Waals surface area contributed by atoms with Gasteiger partial charge in [0.15, 0.2) is 0 Å². The molecule has 1 heterocycles. The first-order valence-electron chi connectivity index (χ1n) is 7.22. The lowest BCUT2D eigenvalue weighted by Crippen LogP contribution is -2.39. The van der Waals surface area contributed by atoms with E-state index in [4.69, 9.17) is 0 Å². The van der Waals surface area contributed by atoms with Gasteiger partial charge in [-0.3, -0.25) is 4.90 Å². The number of carbonyl (C=O) groups is 1. The van der Waals surface area contributed by atoms with Gasteiger partial charge in [-0.15, -0.1) is 0 Å². The number of anilines is 2. The molecule has 0 bridgehead atoms. The van der Waals surface area contributed by atoms with Gasteiger partial charge in [-0.05, 0) is 37.1 Å². The van der Waals surface area contributed by atoms with Crippen LogP contribution in [0.3, 0.4) is 0 Å². The van der Waals surface area contributed by atoms with Gasteiger partial charge in [0, 0.05) is 11.7 Å². The van der Waals surface area contributed by atoms with E-state index in [1.807, 2.05) is 19.1 Å². The molecule has 6 heteroatoms. The monoisotopic (exact) mass is 320 g/mol. The maximum Gasteiger partial charge on any atom is 0.418 e. The van der Waals surface area contributed by atoms with Crippen LogP contribution < -0.4 is 10.2 Å². The molecule has 0 aliphatic carbocycles. The Labute approximate surface area is 131 Å². The second-order valence-corrected chi connectivity index (χ2v) is 5.53. The SMILES string of the molecule is CC1Cc2ccccc2N1C(=O)Nc1ccccc1C(F)(F)F. The Balaban J connectivity index is 1.89. The fraction of sp³-hybridized carbons (Fsp3) is 0.235. The Morgan fingerprint density at radius 2 is 1.78 bits per heavy atom. The molecule has 2 amide bonds. The molecule has 0 aromatic heterocycles. The number of fused-ring (bicyclic) bond motifs is 1. The normalized spacial score (nSPS) is 17.0. The smallest absolute Gasteiger partial charge is 0.307 e. The fourth-order valence-electron chi connectivity index (χ4n) is 2.89. The third kappa shape index (κ3) is 2.88. The molecule has 120 valence electrons. The molecule has 3 rings (SSSR count). The van der Waals surface area contributed by atoms with Crippen molar-refractivity contribution in [3.63, 3.8) is 0 Å². The summed E-state index contributed by atoms with van der Waals surface area (Å²) in [7, 11) is 0. The van der Waals surface area contributed by atoms with Crippen molar-refractivity contribution in [2.75, 3.05) is 10.2 Å². The maximum atomic E-state index is 13.0. The van der Waals surface area contributed by atoms with Crippen LogP contribution in [-0.4, -0.2) is 12.1 Å². The summed E-state index contributed by atoms with van der Waals surface area (Å²) in [5.74, 6) is 0. The van der Waals surface area contributed by atoms with Crippen LogP contribution in [0.5, 0.6) is 0 Å². The van der Waals surface area contributed by atoms with E-state index in [0.717, 1.165) is 17.3 Å². The molecule has 2 aromatic rings. The summed E-state index contributed by atoms with van der Waals surface area (Å²) < 4.78 is 39.1. The van der Waals surface area contributed by atoms with Crippen LogP contribution in [0, 0.1) is 0 Å². The van der Waals surface area contributed by atoms with Crippen molar-refractivity contribution < 1.29 is 18.0 Å². The number of hydrogen-bond acceptors (Lipinski definition) is 1. The van der Waals surface area contributed by atoms with Gasteiger partial charge in [0.05, 0.1) is 11.3 Å². The minimum absolute atomic E-state index is 0.106. The Kier molecular flexibility index (Phi) is 3.75. The highest BCUT2D eigenvalue weighted by Gasteiger charge is 2.35. The number of para-hydroxylation sites is 2. The molecule has 0 saturated heterocycles. The second kappa shape index (κ2) is 5.61. The van der Waals surface area contributed by atoms with Gasteiger partial charge < -0.3 is 5.32 Å². The van der Waals surface area contributed by atoms with E-state index >= 15 is 0 Å². The highest BCUT2D eigenvalue weighted by atomic mass is 19.4. The van der Waals surface area contributed by atoms with Gasteiger partial charge >= 0.3 is 12.2 Å². The zero-order valence-corrected chi connectivity index (χ0v) is 12.4. The number of carbonyl (C=O) groups excluding carboxylic acids is 1. The third-order valence-corrected chi connectivity index (χ3v) is 3.90. The zero-order valence-electron chi connectivity index (χ0n) is 12.4. The number of nitrogens with one attached hydrogen (secondary N) is 1. The predicted octanol–water partition coefficient (Wildman–Crippen LogP) is 4.69. The van der Waals surface area contributed by atoms with E-state index in [1.54, 1.807) is 12.1 Å². The van der Waals surface area contributed by atoms with Crippen molar-refractivity contribution in [2.45, 2.75) is 25.6 Å². The minimum atomic E-state index is -4.52. The van der Waals surface area contributed by atoms with E-state index in [2.05, 4.69) is 5.32 Å².